The van der Waals surface area contributed by atoms with Crippen LogP contribution in [0.1, 0.15) is 48.3 Å². The van der Waals surface area contributed by atoms with E-state index < -0.39 is 0 Å². The quantitative estimate of drug-likeness (QED) is 0.721. The molecule has 0 spiro atoms. The maximum absolute atomic E-state index is 12.3. The second-order valence-corrected chi connectivity index (χ2v) is 7.76. The van der Waals surface area contributed by atoms with Crippen LogP contribution >= 0.6 is 11.3 Å². The van der Waals surface area contributed by atoms with Gasteiger partial charge >= 0.3 is 0 Å². The minimum Gasteiger partial charge on any atom is -0.396 e. The number of anilines is 1. The summed E-state index contributed by atoms with van der Waals surface area (Å²) in [5.41, 5.74) is 0.729. The van der Waals surface area contributed by atoms with Crippen LogP contribution in [0.25, 0.3) is 0 Å². The number of rotatable bonds is 7. The van der Waals surface area contributed by atoms with E-state index in [1.165, 1.54) is 11.3 Å². The third-order valence-corrected chi connectivity index (χ3v) is 4.99. The van der Waals surface area contributed by atoms with E-state index in [-0.39, 0.29) is 29.8 Å². The zero-order chi connectivity index (χ0) is 16.3. The number of aryl methyl sites for hydroxylation is 1. The molecule has 1 aliphatic carbocycles. The molecule has 1 aliphatic rings. The van der Waals surface area contributed by atoms with Crippen LogP contribution in [0.3, 0.4) is 0 Å². The molecule has 122 valence electrons. The molecule has 0 aromatic carbocycles. The third kappa shape index (κ3) is 4.55. The van der Waals surface area contributed by atoms with Crippen molar-refractivity contribution in [1.82, 2.24) is 5.32 Å². The minimum absolute atomic E-state index is 0.0530. The highest BCUT2D eigenvalue weighted by molar-refractivity contribution is 7.18. The molecule has 0 bridgehead atoms. The zero-order valence-electron chi connectivity index (χ0n) is 13.4. The van der Waals surface area contributed by atoms with Gasteiger partial charge in [0.2, 0.25) is 5.91 Å². The van der Waals surface area contributed by atoms with Crippen molar-refractivity contribution in [3.05, 3.63) is 16.5 Å². The molecule has 1 heterocycles. The number of aliphatic hydroxyl groups excluding tert-OH is 1. The zero-order valence-corrected chi connectivity index (χ0v) is 14.2. The van der Waals surface area contributed by atoms with Gasteiger partial charge in [0, 0.05) is 19.1 Å². The Balaban J connectivity index is 1.94. The molecule has 1 aromatic heterocycles. The molecule has 0 saturated heterocycles. The van der Waals surface area contributed by atoms with E-state index >= 15 is 0 Å². The molecule has 0 radical (unpaired) electrons. The van der Waals surface area contributed by atoms with Crippen molar-refractivity contribution in [3.63, 3.8) is 0 Å². The molecule has 1 aromatic rings. The first-order valence-electron chi connectivity index (χ1n) is 7.63. The van der Waals surface area contributed by atoms with Gasteiger partial charge in [-0.1, -0.05) is 13.8 Å². The van der Waals surface area contributed by atoms with Gasteiger partial charge in [0.1, 0.15) is 0 Å². The number of amides is 2. The summed E-state index contributed by atoms with van der Waals surface area (Å²) in [5, 5.41) is 15.5. The summed E-state index contributed by atoms with van der Waals surface area (Å²) in [5.74, 6) is 0.0803. The van der Waals surface area contributed by atoms with Gasteiger partial charge in [-0.05, 0) is 43.2 Å². The molecule has 0 atom stereocenters. The van der Waals surface area contributed by atoms with Gasteiger partial charge in [0.05, 0.1) is 9.88 Å². The van der Waals surface area contributed by atoms with E-state index in [4.69, 9.17) is 5.11 Å². The average molecular weight is 324 g/mol. The largest absolute Gasteiger partial charge is 0.396 e. The van der Waals surface area contributed by atoms with E-state index in [0.29, 0.717) is 17.8 Å². The monoisotopic (exact) mass is 324 g/mol. The number of carbonyl (C=O) groups excluding carboxylic acids is 2. The molecule has 0 aliphatic heterocycles. The van der Waals surface area contributed by atoms with Gasteiger partial charge in [-0.2, -0.15) is 0 Å². The molecular weight excluding hydrogens is 300 g/mol. The van der Waals surface area contributed by atoms with Crippen LogP contribution in [-0.4, -0.2) is 30.1 Å². The van der Waals surface area contributed by atoms with Crippen molar-refractivity contribution in [2.24, 2.45) is 11.3 Å². The highest BCUT2D eigenvalue weighted by atomic mass is 32.1. The third-order valence-electron chi connectivity index (χ3n) is 3.83. The molecular formula is C16H24N2O3S. The Hall–Kier alpha value is -1.40. The average Bonchev–Trinajstić information content (AvgIpc) is 3.21. The minimum atomic E-state index is -0.140. The lowest BCUT2D eigenvalue weighted by molar-refractivity contribution is -0.117. The summed E-state index contributed by atoms with van der Waals surface area (Å²) in [6, 6.07) is 1.85. The van der Waals surface area contributed by atoms with Gasteiger partial charge < -0.3 is 15.7 Å². The van der Waals surface area contributed by atoms with E-state index in [1.54, 1.807) is 0 Å². The maximum atomic E-state index is 12.3. The lowest BCUT2D eigenvalue weighted by Crippen LogP contribution is -2.34. The Morgan fingerprint density at radius 1 is 1.41 bits per heavy atom. The van der Waals surface area contributed by atoms with Gasteiger partial charge in [-0.3, -0.25) is 9.59 Å². The van der Waals surface area contributed by atoms with Crippen LogP contribution in [0.15, 0.2) is 6.07 Å². The van der Waals surface area contributed by atoms with Gasteiger partial charge in [-0.25, -0.2) is 0 Å². The smallest absolute Gasteiger partial charge is 0.261 e. The summed E-state index contributed by atoms with van der Waals surface area (Å²) in [6.07, 6.45) is 2.56. The summed E-state index contributed by atoms with van der Waals surface area (Å²) >= 11 is 1.31. The predicted octanol–water partition coefficient (Wildman–Crippen LogP) is 2.54. The molecule has 0 unspecified atom stereocenters. The van der Waals surface area contributed by atoms with Crippen LogP contribution < -0.4 is 10.6 Å². The predicted molar refractivity (Wildman–Crippen MR) is 88.2 cm³/mol. The number of carbonyl (C=O) groups is 2. The van der Waals surface area contributed by atoms with Crippen LogP contribution in [0.5, 0.6) is 0 Å². The Labute approximate surface area is 135 Å². The molecule has 1 fully saturated rings. The second-order valence-electron chi connectivity index (χ2n) is 6.71. The standard InChI is InChI=1S/C16H24N2O3S/c1-10-8-12(18-14(20)11-4-5-11)22-13(10)15(21)17-9-16(2,3)6-7-19/h8,11,19H,4-7,9H2,1-3H3,(H,17,21)(H,18,20). The van der Waals surface area contributed by atoms with Crippen LogP contribution in [0.2, 0.25) is 0 Å². The van der Waals surface area contributed by atoms with Gasteiger partial charge in [0.15, 0.2) is 0 Å². The van der Waals surface area contributed by atoms with E-state index in [2.05, 4.69) is 10.6 Å². The first kappa shape index (κ1) is 17.0. The number of hydrogen-bond donors (Lipinski definition) is 3. The summed E-state index contributed by atoms with van der Waals surface area (Å²) < 4.78 is 0. The van der Waals surface area contributed by atoms with E-state index in [0.717, 1.165) is 23.4 Å². The normalized spacial score (nSPS) is 14.7. The van der Waals surface area contributed by atoms with Crippen LogP contribution in [0, 0.1) is 18.3 Å². The van der Waals surface area contributed by atoms with Crippen LogP contribution in [0.4, 0.5) is 5.00 Å². The number of thiophene rings is 1. The van der Waals surface area contributed by atoms with Gasteiger partial charge in [-0.15, -0.1) is 11.3 Å². The summed E-state index contributed by atoms with van der Waals surface area (Å²) in [7, 11) is 0. The molecule has 6 heteroatoms. The highest BCUT2D eigenvalue weighted by Crippen LogP contribution is 2.32. The SMILES string of the molecule is Cc1cc(NC(=O)C2CC2)sc1C(=O)NCC(C)(C)CCO. The van der Waals surface area contributed by atoms with Crippen molar-refractivity contribution in [3.8, 4) is 0 Å². The van der Waals surface area contributed by atoms with Crippen molar-refractivity contribution in [1.29, 1.82) is 0 Å². The lowest BCUT2D eigenvalue weighted by Gasteiger charge is -2.23. The number of aliphatic hydroxyl groups is 1. The van der Waals surface area contributed by atoms with Crippen LogP contribution in [-0.2, 0) is 4.79 Å². The Morgan fingerprint density at radius 3 is 2.68 bits per heavy atom. The van der Waals surface area contributed by atoms with E-state index in [1.807, 2.05) is 26.8 Å². The topological polar surface area (TPSA) is 78.4 Å². The Morgan fingerprint density at radius 2 is 2.09 bits per heavy atom. The Bertz CT molecular complexity index is 562. The van der Waals surface area contributed by atoms with E-state index in [9.17, 15) is 9.59 Å². The fourth-order valence-electron chi connectivity index (χ4n) is 2.13. The Kier molecular flexibility index (Phi) is 5.24. The summed E-state index contributed by atoms with van der Waals surface area (Å²) in [6.45, 7) is 6.50. The van der Waals surface area contributed by atoms with Crippen molar-refractivity contribution >= 4 is 28.2 Å². The number of nitrogens with one attached hydrogen (secondary N) is 2. The van der Waals surface area contributed by atoms with Crippen molar-refractivity contribution < 1.29 is 14.7 Å². The molecule has 1 saturated carbocycles. The highest BCUT2D eigenvalue weighted by Gasteiger charge is 2.30. The molecule has 2 amide bonds. The number of hydrogen-bond acceptors (Lipinski definition) is 4. The fraction of sp³-hybridized carbons (Fsp3) is 0.625. The van der Waals surface area contributed by atoms with Crippen molar-refractivity contribution in [2.75, 3.05) is 18.5 Å². The van der Waals surface area contributed by atoms with Gasteiger partial charge in [0.25, 0.3) is 5.91 Å². The molecule has 2 rings (SSSR count). The molecule has 5 nitrogen and oxygen atoms in total. The van der Waals surface area contributed by atoms with Crippen molar-refractivity contribution in [2.45, 2.75) is 40.0 Å². The first-order valence-corrected chi connectivity index (χ1v) is 8.44. The molecule has 3 N–H and O–H groups in total. The second kappa shape index (κ2) is 6.79. The summed E-state index contributed by atoms with van der Waals surface area (Å²) in [4.78, 5) is 24.7. The first-order chi connectivity index (χ1) is 10.3. The lowest BCUT2D eigenvalue weighted by atomic mass is 9.90. The molecule has 22 heavy (non-hydrogen) atoms. The fourth-order valence-corrected chi connectivity index (χ4v) is 3.12. The maximum Gasteiger partial charge on any atom is 0.261 e.